The monoisotopic (exact) mass is 294 g/mol. The Labute approximate surface area is 126 Å². The van der Waals surface area contributed by atoms with Gasteiger partial charge in [0.1, 0.15) is 0 Å². The molecule has 1 fully saturated rings. The highest BCUT2D eigenvalue weighted by atomic mass is 35.5. The first-order valence-corrected chi connectivity index (χ1v) is 7.74. The van der Waals surface area contributed by atoms with E-state index in [0.29, 0.717) is 17.5 Å². The highest BCUT2D eigenvalue weighted by Crippen LogP contribution is 2.13. The molecule has 1 aromatic rings. The van der Waals surface area contributed by atoms with Crippen molar-refractivity contribution in [2.24, 2.45) is 0 Å². The summed E-state index contributed by atoms with van der Waals surface area (Å²) in [6.07, 6.45) is 1.64. The molecule has 3 nitrogen and oxygen atoms in total. The van der Waals surface area contributed by atoms with Crippen LogP contribution in [0.4, 0.5) is 0 Å². The van der Waals surface area contributed by atoms with Gasteiger partial charge in [-0.25, -0.2) is 0 Å². The van der Waals surface area contributed by atoms with Gasteiger partial charge in [-0.05, 0) is 31.0 Å². The molecule has 1 saturated heterocycles. The Morgan fingerprint density at radius 3 is 2.35 bits per heavy atom. The van der Waals surface area contributed by atoms with Gasteiger partial charge >= 0.3 is 0 Å². The van der Waals surface area contributed by atoms with Crippen LogP contribution >= 0.6 is 11.6 Å². The van der Waals surface area contributed by atoms with Gasteiger partial charge in [0.05, 0.1) is 6.42 Å². The average molecular weight is 295 g/mol. The fraction of sp³-hybridized carbons (Fsp3) is 0.562. The fourth-order valence-corrected chi connectivity index (χ4v) is 2.68. The lowest BCUT2D eigenvalue weighted by Gasteiger charge is -2.37. The Kier molecular flexibility index (Phi) is 5.44. The number of hydrogen-bond donors (Lipinski definition) is 0. The van der Waals surface area contributed by atoms with Crippen molar-refractivity contribution in [1.29, 1.82) is 0 Å². The van der Waals surface area contributed by atoms with E-state index in [1.807, 2.05) is 29.2 Å². The van der Waals surface area contributed by atoms with Crippen LogP contribution < -0.4 is 0 Å². The maximum absolute atomic E-state index is 12.3. The van der Waals surface area contributed by atoms with E-state index in [4.69, 9.17) is 11.6 Å². The Morgan fingerprint density at radius 1 is 1.20 bits per heavy atom. The normalized spacial score (nSPS) is 18.1. The molecular weight excluding hydrogens is 272 g/mol. The van der Waals surface area contributed by atoms with Crippen LogP contribution in [-0.4, -0.2) is 47.9 Å². The van der Waals surface area contributed by atoms with Gasteiger partial charge in [0.2, 0.25) is 5.91 Å². The summed E-state index contributed by atoms with van der Waals surface area (Å²) in [6, 6.07) is 8.14. The van der Waals surface area contributed by atoms with Gasteiger partial charge in [0.15, 0.2) is 0 Å². The Balaban J connectivity index is 1.84. The smallest absolute Gasteiger partial charge is 0.227 e. The third kappa shape index (κ3) is 3.97. The molecule has 0 aliphatic carbocycles. The summed E-state index contributed by atoms with van der Waals surface area (Å²) < 4.78 is 0. The Morgan fingerprint density at radius 2 is 1.80 bits per heavy atom. The summed E-state index contributed by atoms with van der Waals surface area (Å²) in [5.41, 5.74) is 1.03. The van der Waals surface area contributed by atoms with Gasteiger partial charge in [-0.3, -0.25) is 9.69 Å². The van der Waals surface area contributed by atoms with Gasteiger partial charge in [-0.1, -0.05) is 30.7 Å². The number of carbonyl (C=O) groups excluding carboxylic acids is 1. The number of benzene rings is 1. The van der Waals surface area contributed by atoms with Crippen LogP contribution in [0.25, 0.3) is 0 Å². The molecule has 1 aromatic carbocycles. The van der Waals surface area contributed by atoms with Gasteiger partial charge in [0, 0.05) is 37.2 Å². The van der Waals surface area contributed by atoms with Gasteiger partial charge in [0.25, 0.3) is 0 Å². The molecule has 20 heavy (non-hydrogen) atoms. The molecule has 0 bridgehead atoms. The average Bonchev–Trinajstić information content (AvgIpc) is 2.49. The lowest BCUT2D eigenvalue weighted by atomic mass is 10.1. The number of piperazine rings is 1. The van der Waals surface area contributed by atoms with Crippen molar-refractivity contribution in [3.8, 4) is 0 Å². The molecule has 0 N–H and O–H groups in total. The third-order valence-electron chi connectivity index (χ3n) is 4.15. The van der Waals surface area contributed by atoms with E-state index in [1.165, 1.54) is 6.42 Å². The molecule has 0 spiro atoms. The largest absolute Gasteiger partial charge is 0.340 e. The van der Waals surface area contributed by atoms with Crippen LogP contribution in [0.2, 0.25) is 5.02 Å². The second kappa shape index (κ2) is 7.09. The molecule has 1 atom stereocenters. The highest BCUT2D eigenvalue weighted by Gasteiger charge is 2.23. The number of amides is 1. The summed E-state index contributed by atoms with van der Waals surface area (Å²) >= 11 is 5.86. The first kappa shape index (κ1) is 15.3. The topological polar surface area (TPSA) is 23.6 Å². The predicted octanol–water partition coefficient (Wildman–Crippen LogP) is 2.83. The van der Waals surface area contributed by atoms with Crippen molar-refractivity contribution in [3.05, 3.63) is 34.9 Å². The van der Waals surface area contributed by atoms with Crippen molar-refractivity contribution < 1.29 is 4.79 Å². The predicted molar refractivity (Wildman–Crippen MR) is 83.1 cm³/mol. The van der Waals surface area contributed by atoms with E-state index in [1.54, 1.807) is 0 Å². The quantitative estimate of drug-likeness (QED) is 0.852. The number of halogens is 1. The second-order valence-electron chi connectivity index (χ2n) is 5.48. The molecule has 1 aliphatic heterocycles. The minimum absolute atomic E-state index is 0.219. The van der Waals surface area contributed by atoms with Crippen molar-refractivity contribution >= 4 is 17.5 Å². The molecular formula is C16H23ClN2O. The first-order chi connectivity index (χ1) is 9.60. The molecule has 1 heterocycles. The fourth-order valence-electron chi connectivity index (χ4n) is 2.56. The number of rotatable bonds is 4. The minimum atomic E-state index is 0.219. The van der Waals surface area contributed by atoms with Crippen LogP contribution in [0.3, 0.4) is 0 Å². The number of hydrogen-bond acceptors (Lipinski definition) is 2. The zero-order valence-corrected chi connectivity index (χ0v) is 13.1. The van der Waals surface area contributed by atoms with Crippen LogP contribution in [0.5, 0.6) is 0 Å². The lowest BCUT2D eigenvalue weighted by molar-refractivity contribution is -0.132. The van der Waals surface area contributed by atoms with E-state index in [9.17, 15) is 4.79 Å². The van der Waals surface area contributed by atoms with Gasteiger partial charge in [-0.15, -0.1) is 0 Å². The maximum atomic E-state index is 12.3. The van der Waals surface area contributed by atoms with Crippen LogP contribution in [0.1, 0.15) is 25.8 Å². The Hall–Kier alpha value is -1.06. The summed E-state index contributed by atoms with van der Waals surface area (Å²) in [6.45, 7) is 8.13. The van der Waals surface area contributed by atoms with E-state index < -0.39 is 0 Å². The van der Waals surface area contributed by atoms with E-state index >= 15 is 0 Å². The molecule has 0 aromatic heterocycles. The standard InChI is InChI=1S/C16H23ClN2O/c1-3-13(2)18-8-10-19(11-9-18)16(20)12-14-4-6-15(17)7-5-14/h4-7,13H,3,8-12H2,1-2H3. The molecule has 0 saturated carbocycles. The molecule has 2 rings (SSSR count). The zero-order valence-electron chi connectivity index (χ0n) is 12.3. The molecule has 1 unspecified atom stereocenters. The molecule has 1 amide bonds. The first-order valence-electron chi connectivity index (χ1n) is 7.36. The SMILES string of the molecule is CCC(C)N1CCN(C(=O)Cc2ccc(Cl)cc2)CC1. The van der Waals surface area contributed by atoms with E-state index in [0.717, 1.165) is 31.7 Å². The van der Waals surface area contributed by atoms with Gasteiger partial charge < -0.3 is 4.90 Å². The number of nitrogens with zero attached hydrogens (tertiary/aromatic N) is 2. The molecule has 4 heteroatoms. The van der Waals surface area contributed by atoms with Crippen molar-refractivity contribution in [1.82, 2.24) is 9.80 Å². The van der Waals surface area contributed by atoms with Crippen LogP contribution in [0, 0.1) is 0 Å². The van der Waals surface area contributed by atoms with Crippen LogP contribution in [-0.2, 0) is 11.2 Å². The molecule has 110 valence electrons. The Bertz CT molecular complexity index is 438. The van der Waals surface area contributed by atoms with Crippen molar-refractivity contribution in [2.75, 3.05) is 26.2 Å². The molecule has 0 radical (unpaired) electrons. The summed E-state index contributed by atoms with van der Waals surface area (Å²) in [7, 11) is 0. The highest BCUT2D eigenvalue weighted by molar-refractivity contribution is 6.30. The van der Waals surface area contributed by atoms with Crippen molar-refractivity contribution in [3.63, 3.8) is 0 Å². The summed E-state index contributed by atoms with van der Waals surface area (Å²) in [4.78, 5) is 16.7. The summed E-state index contributed by atoms with van der Waals surface area (Å²) in [5.74, 6) is 0.219. The zero-order chi connectivity index (χ0) is 14.5. The molecule has 1 aliphatic rings. The third-order valence-corrected chi connectivity index (χ3v) is 4.40. The van der Waals surface area contributed by atoms with Crippen molar-refractivity contribution in [2.45, 2.75) is 32.7 Å². The van der Waals surface area contributed by atoms with Crippen LogP contribution in [0.15, 0.2) is 24.3 Å². The van der Waals surface area contributed by atoms with E-state index in [2.05, 4.69) is 18.7 Å². The second-order valence-corrected chi connectivity index (χ2v) is 5.91. The summed E-state index contributed by atoms with van der Waals surface area (Å²) in [5, 5.41) is 0.711. The minimum Gasteiger partial charge on any atom is -0.340 e. The van der Waals surface area contributed by atoms with Gasteiger partial charge in [-0.2, -0.15) is 0 Å². The van der Waals surface area contributed by atoms with E-state index in [-0.39, 0.29) is 5.91 Å². The lowest BCUT2D eigenvalue weighted by Crippen LogP contribution is -2.51. The maximum Gasteiger partial charge on any atom is 0.227 e. The number of carbonyl (C=O) groups is 1.